The molecule has 1 aromatic rings. The number of hydrogen-bond acceptors (Lipinski definition) is 3. The van der Waals surface area contributed by atoms with Gasteiger partial charge in [0, 0.05) is 0 Å². The first-order chi connectivity index (χ1) is 12.1. The van der Waals surface area contributed by atoms with Crippen molar-refractivity contribution in [2.45, 2.75) is 77.7 Å². The highest BCUT2D eigenvalue weighted by atomic mass is 16.5. The van der Waals surface area contributed by atoms with Gasteiger partial charge in [-0.2, -0.15) is 0 Å². The van der Waals surface area contributed by atoms with Gasteiger partial charge in [0.1, 0.15) is 6.61 Å². The molecule has 1 rings (SSSR count). The lowest BCUT2D eigenvalue weighted by Crippen LogP contribution is -2.25. The van der Waals surface area contributed by atoms with Gasteiger partial charge in [-0.25, -0.2) is 0 Å². The van der Waals surface area contributed by atoms with Crippen LogP contribution in [0.4, 0.5) is 0 Å². The quantitative estimate of drug-likeness (QED) is 0.279. The molecule has 0 aliphatic heterocycles. The summed E-state index contributed by atoms with van der Waals surface area (Å²) in [5.74, 6) is -2.76. The Morgan fingerprint density at radius 2 is 1.48 bits per heavy atom. The number of hydrogen-bond donors (Lipinski definition) is 1. The molecule has 1 unspecified atom stereocenters. The van der Waals surface area contributed by atoms with E-state index >= 15 is 0 Å². The first-order valence-corrected chi connectivity index (χ1v) is 9.58. The van der Waals surface area contributed by atoms with Crippen LogP contribution in [0.3, 0.4) is 0 Å². The molecule has 0 aromatic heterocycles. The SMILES string of the molecule is CCCCCCCCCCCC(C(=O)O)C(=O)OCc1ccccc1. The van der Waals surface area contributed by atoms with Gasteiger partial charge in [0.2, 0.25) is 0 Å². The van der Waals surface area contributed by atoms with Crippen molar-refractivity contribution in [3.63, 3.8) is 0 Å². The van der Waals surface area contributed by atoms with Gasteiger partial charge in [0.25, 0.3) is 0 Å². The normalized spacial score (nSPS) is 11.9. The summed E-state index contributed by atoms with van der Waals surface area (Å²) in [4.78, 5) is 23.3. The van der Waals surface area contributed by atoms with Gasteiger partial charge in [0.15, 0.2) is 5.92 Å². The second-order valence-electron chi connectivity index (χ2n) is 6.60. The number of carbonyl (C=O) groups excluding carboxylic acids is 1. The van der Waals surface area contributed by atoms with Crippen LogP contribution in [0, 0.1) is 5.92 Å². The summed E-state index contributed by atoms with van der Waals surface area (Å²) in [6.07, 6.45) is 10.8. The fraction of sp³-hybridized carbons (Fsp3) is 0.619. The molecule has 140 valence electrons. The smallest absolute Gasteiger partial charge is 0.320 e. The van der Waals surface area contributed by atoms with Crippen molar-refractivity contribution >= 4 is 11.9 Å². The highest BCUT2D eigenvalue weighted by molar-refractivity contribution is 5.93. The Hall–Kier alpha value is -1.84. The molecule has 1 atom stereocenters. The van der Waals surface area contributed by atoms with Crippen molar-refractivity contribution in [1.82, 2.24) is 0 Å². The van der Waals surface area contributed by atoms with E-state index in [2.05, 4.69) is 6.92 Å². The topological polar surface area (TPSA) is 63.6 Å². The molecular formula is C21H32O4. The Labute approximate surface area is 151 Å². The van der Waals surface area contributed by atoms with Crippen molar-refractivity contribution in [3.05, 3.63) is 35.9 Å². The van der Waals surface area contributed by atoms with Crippen molar-refractivity contribution in [3.8, 4) is 0 Å². The average Bonchev–Trinajstić information content (AvgIpc) is 2.62. The molecule has 0 radical (unpaired) electrons. The lowest BCUT2D eigenvalue weighted by Gasteiger charge is -2.12. The Morgan fingerprint density at radius 3 is 2.04 bits per heavy atom. The van der Waals surface area contributed by atoms with Gasteiger partial charge in [-0.15, -0.1) is 0 Å². The molecule has 25 heavy (non-hydrogen) atoms. The van der Waals surface area contributed by atoms with E-state index in [1.165, 1.54) is 38.5 Å². The maximum Gasteiger partial charge on any atom is 0.320 e. The van der Waals surface area contributed by atoms with E-state index in [0.717, 1.165) is 24.8 Å². The Bertz CT molecular complexity index is 484. The van der Waals surface area contributed by atoms with E-state index in [1.54, 1.807) is 0 Å². The fourth-order valence-corrected chi connectivity index (χ4v) is 2.83. The van der Waals surface area contributed by atoms with Crippen molar-refractivity contribution < 1.29 is 19.4 Å². The van der Waals surface area contributed by atoms with Gasteiger partial charge in [-0.3, -0.25) is 9.59 Å². The molecule has 1 N–H and O–H groups in total. The highest BCUT2D eigenvalue weighted by Gasteiger charge is 2.27. The number of ether oxygens (including phenoxy) is 1. The van der Waals surface area contributed by atoms with Crippen molar-refractivity contribution in [1.29, 1.82) is 0 Å². The van der Waals surface area contributed by atoms with E-state index in [4.69, 9.17) is 4.74 Å². The van der Waals surface area contributed by atoms with E-state index in [0.29, 0.717) is 6.42 Å². The molecule has 0 aliphatic rings. The largest absolute Gasteiger partial charge is 0.481 e. The Kier molecular flexibility index (Phi) is 11.4. The predicted molar refractivity (Wildman–Crippen MR) is 99.2 cm³/mol. The Balaban J connectivity index is 2.18. The third-order valence-corrected chi connectivity index (χ3v) is 4.40. The molecular weight excluding hydrogens is 316 g/mol. The van der Waals surface area contributed by atoms with Gasteiger partial charge in [-0.1, -0.05) is 95.0 Å². The summed E-state index contributed by atoms with van der Waals surface area (Å²) in [5.41, 5.74) is 0.864. The van der Waals surface area contributed by atoms with Gasteiger partial charge >= 0.3 is 11.9 Å². The number of carbonyl (C=O) groups is 2. The first-order valence-electron chi connectivity index (χ1n) is 9.58. The van der Waals surface area contributed by atoms with Gasteiger partial charge in [0.05, 0.1) is 0 Å². The van der Waals surface area contributed by atoms with Crippen molar-refractivity contribution in [2.24, 2.45) is 5.92 Å². The summed E-state index contributed by atoms with van der Waals surface area (Å²) >= 11 is 0. The third-order valence-electron chi connectivity index (χ3n) is 4.40. The molecule has 0 bridgehead atoms. The van der Waals surface area contributed by atoms with E-state index in [-0.39, 0.29) is 6.61 Å². The molecule has 0 heterocycles. The maximum atomic E-state index is 12.0. The molecule has 0 aliphatic carbocycles. The number of rotatable bonds is 14. The zero-order valence-electron chi connectivity index (χ0n) is 15.4. The molecule has 0 saturated carbocycles. The second kappa shape index (κ2) is 13.5. The van der Waals surface area contributed by atoms with Crippen molar-refractivity contribution in [2.75, 3.05) is 0 Å². The number of aliphatic carboxylic acids is 1. The Morgan fingerprint density at radius 1 is 0.920 bits per heavy atom. The fourth-order valence-electron chi connectivity index (χ4n) is 2.83. The van der Waals surface area contributed by atoms with Gasteiger partial charge < -0.3 is 9.84 Å². The summed E-state index contributed by atoms with van der Waals surface area (Å²) < 4.78 is 5.16. The zero-order valence-corrected chi connectivity index (χ0v) is 15.4. The van der Waals surface area contributed by atoms with Crippen LogP contribution >= 0.6 is 0 Å². The van der Waals surface area contributed by atoms with E-state index in [9.17, 15) is 14.7 Å². The van der Waals surface area contributed by atoms with Crippen LogP contribution < -0.4 is 0 Å². The minimum absolute atomic E-state index is 0.126. The standard InChI is InChI=1S/C21H32O4/c1-2-3-4-5-6-7-8-9-13-16-19(20(22)23)21(24)25-17-18-14-11-10-12-15-18/h10-12,14-15,19H,2-9,13,16-17H2,1H3,(H,22,23). The maximum absolute atomic E-state index is 12.0. The summed E-state index contributed by atoms with van der Waals surface area (Å²) in [6.45, 7) is 2.34. The van der Waals surface area contributed by atoms with E-state index < -0.39 is 17.9 Å². The number of carboxylic acid groups (broad SMARTS) is 1. The number of carboxylic acids is 1. The summed E-state index contributed by atoms with van der Waals surface area (Å²) in [6, 6.07) is 9.31. The minimum atomic E-state index is -1.09. The number of unbranched alkanes of at least 4 members (excludes halogenated alkanes) is 8. The molecule has 1 aromatic carbocycles. The van der Waals surface area contributed by atoms with Crippen LogP contribution in [0.2, 0.25) is 0 Å². The van der Waals surface area contributed by atoms with Crippen LogP contribution in [0.1, 0.15) is 76.7 Å². The molecule has 0 saturated heterocycles. The zero-order chi connectivity index (χ0) is 18.3. The minimum Gasteiger partial charge on any atom is -0.481 e. The molecule has 0 fully saturated rings. The van der Waals surface area contributed by atoms with E-state index in [1.807, 2.05) is 30.3 Å². The van der Waals surface area contributed by atoms with Crippen LogP contribution in [0.5, 0.6) is 0 Å². The van der Waals surface area contributed by atoms with Crippen LogP contribution in [0.25, 0.3) is 0 Å². The molecule has 0 amide bonds. The lowest BCUT2D eigenvalue weighted by atomic mass is 10.00. The second-order valence-corrected chi connectivity index (χ2v) is 6.60. The first kappa shape index (κ1) is 21.2. The number of esters is 1. The third kappa shape index (κ3) is 9.90. The molecule has 4 heteroatoms. The molecule has 0 spiro atoms. The number of benzene rings is 1. The van der Waals surface area contributed by atoms with Crippen LogP contribution in [0.15, 0.2) is 30.3 Å². The average molecular weight is 348 g/mol. The summed E-state index contributed by atoms with van der Waals surface area (Å²) in [5, 5.41) is 9.26. The summed E-state index contributed by atoms with van der Waals surface area (Å²) in [7, 11) is 0. The van der Waals surface area contributed by atoms with Crippen LogP contribution in [-0.4, -0.2) is 17.0 Å². The lowest BCUT2D eigenvalue weighted by molar-refractivity contribution is -0.160. The molecule has 4 nitrogen and oxygen atoms in total. The highest BCUT2D eigenvalue weighted by Crippen LogP contribution is 2.16. The van der Waals surface area contributed by atoms with Gasteiger partial charge in [-0.05, 0) is 12.0 Å². The predicted octanol–water partition coefficient (Wildman–Crippen LogP) is 5.35. The van der Waals surface area contributed by atoms with Crippen LogP contribution in [-0.2, 0) is 20.9 Å². The monoisotopic (exact) mass is 348 g/mol.